The van der Waals surface area contributed by atoms with Gasteiger partial charge in [-0.25, -0.2) is 8.78 Å². The second-order valence-electron chi connectivity index (χ2n) is 5.40. The van der Waals surface area contributed by atoms with Crippen molar-refractivity contribution in [3.63, 3.8) is 0 Å². The molecule has 0 unspecified atom stereocenters. The molecule has 0 fully saturated rings. The average molecular weight is 340 g/mol. The maximum Gasteiger partial charge on any atom is 0.279 e. The quantitative estimate of drug-likeness (QED) is 0.863. The van der Waals surface area contributed by atoms with Crippen molar-refractivity contribution in [1.29, 1.82) is 0 Å². The summed E-state index contributed by atoms with van der Waals surface area (Å²) in [5.74, 6) is -1.45. The largest absolute Gasteiger partial charge is 0.332 e. The summed E-state index contributed by atoms with van der Waals surface area (Å²) >= 11 is 5.91. The van der Waals surface area contributed by atoms with Gasteiger partial charge in [-0.3, -0.25) is 4.79 Å². The van der Waals surface area contributed by atoms with Crippen molar-refractivity contribution in [2.75, 3.05) is 11.9 Å². The minimum absolute atomic E-state index is 0.115. The molecule has 0 spiro atoms. The monoisotopic (exact) mass is 339 g/mol. The van der Waals surface area contributed by atoms with Crippen molar-refractivity contribution in [2.24, 2.45) is 0 Å². The number of halogens is 3. The highest BCUT2D eigenvalue weighted by molar-refractivity contribution is 6.31. The molecule has 23 heavy (non-hydrogen) atoms. The number of hydrogen-bond donors (Lipinski definition) is 2. The van der Waals surface area contributed by atoms with Gasteiger partial charge in [0, 0.05) is 22.3 Å². The zero-order valence-electron chi connectivity index (χ0n) is 12.9. The van der Waals surface area contributed by atoms with Gasteiger partial charge >= 0.3 is 0 Å². The van der Waals surface area contributed by atoms with Crippen LogP contribution in [0, 0.1) is 18.6 Å². The van der Waals surface area contributed by atoms with E-state index >= 15 is 0 Å². The number of rotatable bonds is 5. The summed E-state index contributed by atoms with van der Waals surface area (Å²) in [7, 11) is 0. The first-order chi connectivity index (χ1) is 10.9. The number of carbonyl (C=O) groups is 1. The third kappa shape index (κ3) is 4.74. The van der Waals surface area contributed by atoms with Crippen LogP contribution in [0.25, 0.3) is 0 Å². The van der Waals surface area contributed by atoms with E-state index in [0.717, 1.165) is 11.6 Å². The highest BCUT2D eigenvalue weighted by Gasteiger charge is 2.16. The predicted octanol–water partition coefficient (Wildman–Crippen LogP) is 3.19. The molecule has 0 heterocycles. The molecule has 0 bridgehead atoms. The highest BCUT2D eigenvalue weighted by atomic mass is 35.5. The summed E-state index contributed by atoms with van der Waals surface area (Å²) in [6.07, 6.45) is 0. The first-order valence-electron chi connectivity index (χ1n) is 7.21. The number of nitrogens with two attached hydrogens (primary N) is 1. The van der Waals surface area contributed by atoms with Gasteiger partial charge in [0.15, 0.2) is 6.54 Å². The van der Waals surface area contributed by atoms with E-state index in [0.29, 0.717) is 16.3 Å². The Labute approximate surface area is 138 Å². The second kappa shape index (κ2) is 7.53. The van der Waals surface area contributed by atoms with Gasteiger partial charge in [-0.05, 0) is 43.7 Å². The maximum atomic E-state index is 13.7. The number of amides is 1. The minimum atomic E-state index is -0.618. The van der Waals surface area contributed by atoms with Crippen molar-refractivity contribution >= 4 is 23.2 Å². The molecule has 122 valence electrons. The third-order valence-electron chi connectivity index (χ3n) is 3.58. The molecular weight excluding hydrogens is 322 g/mol. The molecular formula is C17H18ClF2N2O+. The first kappa shape index (κ1) is 17.4. The Morgan fingerprint density at radius 1 is 1.26 bits per heavy atom. The molecule has 0 aliphatic rings. The number of aryl methyl sites for hydroxylation is 1. The standard InChI is InChI=1S/C17H17ClF2N2O/c1-10-3-4-12(18)7-16(10)22-17(23)9-21-11(2)14-6-5-13(19)8-15(14)20/h3-8,11,21H,9H2,1-2H3,(H,22,23)/p+1/t11-/m0/s1. The van der Waals surface area contributed by atoms with Crippen LogP contribution in [0.3, 0.4) is 0 Å². The number of benzene rings is 2. The normalized spacial score (nSPS) is 12.0. The molecule has 2 aromatic carbocycles. The fourth-order valence-electron chi connectivity index (χ4n) is 2.21. The van der Waals surface area contributed by atoms with Gasteiger partial charge in [0.25, 0.3) is 5.91 Å². The summed E-state index contributed by atoms with van der Waals surface area (Å²) in [6.45, 7) is 3.74. The topological polar surface area (TPSA) is 45.7 Å². The fraction of sp³-hybridized carbons (Fsp3) is 0.235. The molecule has 0 saturated heterocycles. The molecule has 1 atom stereocenters. The Hall–Kier alpha value is -1.98. The van der Waals surface area contributed by atoms with E-state index in [4.69, 9.17) is 11.6 Å². The Balaban J connectivity index is 1.94. The third-order valence-corrected chi connectivity index (χ3v) is 3.82. The van der Waals surface area contributed by atoms with Crippen LogP contribution in [-0.4, -0.2) is 12.5 Å². The maximum absolute atomic E-state index is 13.7. The highest BCUT2D eigenvalue weighted by Crippen LogP contribution is 2.20. The van der Waals surface area contributed by atoms with Crippen LogP contribution in [0.5, 0.6) is 0 Å². The Morgan fingerprint density at radius 3 is 2.70 bits per heavy atom. The SMILES string of the molecule is Cc1ccc(Cl)cc1NC(=O)C[NH2+][C@@H](C)c1ccc(F)cc1F. The molecule has 0 aliphatic carbocycles. The fourth-order valence-corrected chi connectivity index (χ4v) is 2.38. The Bertz CT molecular complexity index is 722. The van der Waals surface area contributed by atoms with Crippen molar-refractivity contribution in [1.82, 2.24) is 0 Å². The first-order valence-corrected chi connectivity index (χ1v) is 7.59. The van der Waals surface area contributed by atoms with E-state index in [1.165, 1.54) is 12.1 Å². The second-order valence-corrected chi connectivity index (χ2v) is 5.84. The molecule has 1 amide bonds. The van der Waals surface area contributed by atoms with Crippen molar-refractivity contribution in [3.05, 3.63) is 64.2 Å². The van der Waals surface area contributed by atoms with Gasteiger partial charge in [0.1, 0.15) is 17.7 Å². The molecule has 0 aliphatic heterocycles. The van der Waals surface area contributed by atoms with E-state index in [1.54, 1.807) is 24.4 Å². The summed E-state index contributed by atoms with van der Waals surface area (Å²) in [5, 5.41) is 5.00. The Morgan fingerprint density at radius 2 is 2.00 bits per heavy atom. The van der Waals surface area contributed by atoms with Gasteiger partial charge < -0.3 is 10.6 Å². The molecule has 0 aromatic heterocycles. The van der Waals surface area contributed by atoms with Crippen LogP contribution in [0.15, 0.2) is 36.4 Å². The zero-order valence-corrected chi connectivity index (χ0v) is 13.6. The molecule has 0 saturated carbocycles. The van der Waals surface area contributed by atoms with Crippen LogP contribution >= 0.6 is 11.6 Å². The molecule has 6 heteroatoms. The van der Waals surface area contributed by atoms with Gasteiger partial charge in [0.2, 0.25) is 0 Å². The van der Waals surface area contributed by atoms with Crippen LogP contribution in [0.4, 0.5) is 14.5 Å². The summed E-state index contributed by atoms with van der Waals surface area (Å²) in [6, 6.07) is 8.38. The lowest BCUT2D eigenvalue weighted by molar-refractivity contribution is -0.682. The van der Waals surface area contributed by atoms with E-state index in [-0.39, 0.29) is 18.5 Å². The molecule has 2 aromatic rings. The number of hydrogen-bond acceptors (Lipinski definition) is 1. The van der Waals surface area contributed by atoms with Gasteiger partial charge in [-0.2, -0.15) is 0 Å². The van der Waals surface area contributed by atoms with Crippen LogP contribution in [-0.2, 0) is 4.79 Å². The lowest BCUT2D eigenvalue weighted by atomic mass is 10.1. The van der Waals surface area contributed by atoms with Gasteiger partial charge in [0.05, 0.1) is 0 Å². The number of nitrogens with one attached hydrogen (secondary N) is 1. The lowest BCUT2D eigenvalue weighted by Crippen LogP contribution is -2.86. The van der Waals surface area contributed by atoms with Crippen molar-refractivity contribution < 1.29 is 18.9 Å². The van der Waals surface area contributed by atoms with Crippen LogP contribution in [0.1, 0.15) is 24.1 Å². The lowest BCUT2D eigenvalue weighted by Gasteiger charge is -2.13. The minimum Gasteiger partial charge on any atom is -0.332 e. The molecule has 3 N–H and O–H groups in total. The smallest absolute Gasteiger partial charge is 0.279 e. The molecule has 3 nitrogen and oxygen atoms in total. The number of anilines is 1. The van der Waals surface area contributed by atoms with E-state index in [9.17, 15) is 13.6 Å². The summed E-state index contributed by atoms with van der Waals surface area (Å²) < 4.78 is 26.6. The molecule has 2 rings (SSSR count). The van der Waals surface area contributed by atoms with Gasteiger partial charge in [-0.15, -0.1) is 0 Å². The van der Waals surface area contributed by atoms with Crippen LogP contribution < -0.4 is 10.6 Å². The zero-order chi connectivity index (χ0) is 17.0. The van der Waals surface area contributed by atoms with E-state index in [1.807, 2.05) is 13.0 Å². The Kier molecular flexibility index (Phi) is 5.69. The predicted molar refractivity (Wildman–Crippen MR) is 86.4 cm³/mol. The number of carbonyl (C=O) groups excluding carboxylic acids is 1. The van der Waals surface area contributed by atoms with Crippen molar-refractivity contribution in [3.8, 4) is 0 Å². The van der Waals surface area contributed by atoms with Crippen molar-refractivity contribution in [2.45, 2.75) is 19.9 Å². The van der Waals surface area contributed by atoms with E-state index in [2.05, 4.69) is 5.32 Å². The molecule has 0 radical (unpaired) electrons. The number of quaternary nitrogens is 1. The average Bonchev–Trinajstić information content (AvgIpc) is 2.48. The summed E-state index contributed by atoms with van der Waals surface area (Å²) in [4.78, 5) is 12.0. The summed E-state index contributed by atoms with van der Waals surface area (Å²) in [5.41, 5.74) is 1.91. The van der Waals surface area contributed by atoms with Crippen LogP contribution in [0.2, 0.25) is 5.02 Å². The van der Waals surface area contributed by atoms with Gasteiger partial charge in [-0.1, -0.05) is 17.7 Å². The van der Waals surface area contributed by atoms with E-state index < -0.39 is 11.6 Å².